The number of nitrogens with one attached hydrogen (secondary N) is 1. The molecule has 0 aliphatic rings. The molecule has 0 heterocycles. The molecular formula is C15H24BrNO2. The third kappa shape index (κ3) is 6.95. The summed E-state index contributed by atoms with van der Waals surface area (Å²) in [7, 11) is 3.42. The summed E-state index contributed by atoms with van der Waals surface area (Å²) in [6.45, 7) is 2.82. The Morgan fingerprint density at radius 1 is 1.11 bits per heavy atom. The molecule has 0 spiro atoms. The van der Waals surface area contributed by atoms with Gasteiger partial charge in [-0.25, -0.2) is 0 Å². The van der Waals surface area contributed by atoms with Crippen molar-refractivity contribution < 1.29 is 9.47 Å². The van der Waals surface area contributed by atoms with Crippen molar-refractivity contribution in [3.8, 4) is 5.75 Å². The van der Waals surface area contributed by atoms with Crippen molar-refractivity contribution in [2.45, 2.75) is 25.7 Å². The van der Waals surface area contributed by atoms with Crippen molar-refractivity contribution in [1.29, 1.82) is 0 Å². The van der Waals surface area contributed by atoms with Crippen LogP contribution in [-0.4, -0.2) is 33.9 Å². The van der Waals surface area contributed by atoms with E-state index in [0.29, 0.717) is 0 Å². The van der Waals surface area contributed by atoms with Gasteiger partial charge in [0.2, 0.25) is 0 Å². The van der Waals surface area contributed by atoms with E-state index in [-0.39, 0.29) is 0 Å². The van der Waals surface area contributed by atoms with Crippen LogP contribution < -0.4 is 10.1 Å². The molecule has 19 heavy (non-hydrogen) atoms. The van der Waals surface area contributed by atoms with Gasteiger partial charge in [0.05, 0.1) is 18.2 Å². The number of benzene rings is 1. The van der Waals surface area contributed by atoms with Gasteiger partial charge in [-0.1, -0.05) is 12.5 Å². The fourth-order valence-electron chi connectivity index (χ4n) is 1.92. The van der Waals surface area contributed by atoms with Crippen molar-refractivity contribution in [3.05, 3.63) is 28.2 Å². The van der Waals surface area contributed by atoms with Crippen LogP contribution in [-0.2, 0) is 11.2 Å². The topological polar surface area (TPSA) is 30.5 Å². The monoisotopic (exact) mass is 329 g/mol. The molecule has 1 aromatic rings. The van der Waals surface area contributed by atoms with Gasteiger partial charge in [0.15, 0.2) is 0 Å². The Kier molecular flexibility index (Phi) is 8.88. The fraction of sp³-hybridized carbons (Fsp3) is 0.600. The minimum Gasteiger partial charge on any atom is -0.496 e. The Bertz CT molecular complexity index is 358. The second-order valence-corrected chi connectivity index (χ2v) is 5.38. The molecule has 0 aliphatic carbocycles. The highest BCUT2D eigenvalue weighted by Gasteiger charge is 2.01. The van der Waals surface area contributed by atoms with Gasteiger partial charge in [0.1, 0.15) is 5.75 Å². The maximum absolute atomic E-state index is 5.22. The molecule has 4 heteroatoms. The van der Waals surface area contributed by atoms with E-state index in [9.17, 15) is 0 Å². The molecular weight excluding hydrogens is 306 g/mol. The molecule has 108 valence electrons. The van der Waals surface area contributed by atoms with E-state index in [1.807, 2.05) is 6.07 Å². The van der Waals surface area contributed by atoms with Crippen molar-refractivity contribution in [2.75, 3.05) is 33.9 Å². The largest absolute Gasteiger partial charge is 0.496 e. The second kappa shape index (κ2) is 10.2. The number of rotatable bonds is 10. The summed E-state index contributed by atoms with van der Waals surface area (Å²) in [4.78, 5) is 0. The van der Waals surface area contributed by atoms with E-state index in [4.69, 9.17) is 9.47 Å². The summed E-state index contributed by atoms with van der Waals surface area (Å²) >= 11 is 3.52. The first-order valence-electron chi connectivity index (χ1n) is 6.80. The normalized spacial score (nSPS) is 10.7. The average molecular weight is 330 g/mol. The molecule has 0 aromatic heterocycles. The lowest BCUT2D eigenvalue weighted by atomic mass is 10.1. The van der Waals surface area contributed by atoms with Crippen LogP contribution in [0.25, 0.3) is 0 Å². The highest BCUT2D eigenvalue weighted by Crippen LogP contribution is 2.26. The van der Waals surface area contributed by atoms with Crippen LogP contribution in [0, 0.1) is 0 Å². The lowest BCUT2D eigenvalue weighted by Crippen LogP contribution is -2.20. The zero-order valence-corrected chi connectivity index (χ0v) is 13.5. The van der Waals surface area contributed by atoms with Gasteiger partial charge in [-0.3, -0.25) is 0 Å². The van der Waals surface area contributed by atoms with Gasteiger partial charge >= 0.3 is 0 Å². The standard InChI is InChI=1S/C15H24BrNO2/c1-18-11-10-17-9-5-3-4-6-13-7-8-15(19-2)14(16)12-13/h7-8,12,17H,3-6,9-11H2,1-2H3. The molecule has 0 saturated heterocycles. The smallest absolute Gasteiger partial charge is 0.133 e. The zero-order valence-electron chi connectivity index (χ0n) is 11.9. The molecule has 0 radical (unpaired) electrons. The van der Waals surface area contributed by atoms with Crippen LogP contribution in [0.15, 0.2) is 22.7 Å². The Hall–Kier alpha value is -0.580. The van der Waals surface area contributed by atoms with Crippen LogP contribution in [0.2, 0.25) is 0 Å². The van der Waals surface area contributed by atoms with Gasteiger partial charge in [0, 0.05) is 13.7 Å². The van der Waals surface area contributed by atoms with E-state index in [2.05, 4.69) is 33.4 Å². The summed E-state index contributed by atoms with van der Waals surface area (Å²) in [5.41, 5.74) is 1.36. The van der Waals surface area contributed by atoms with Gasteiger partial charge in [0.25, 0.3) is 0 Å². The van der Waals surface area contributed by atoms with Crippen molar-refractivity contribution in [1.82, 2.24) is 5.32 Å². The average Bonchev–Trinajstić information content (AvgIpc) is 2.42. The number of ether oxygens (including phenoxy) is 2. The zero-order chi connectivity index (χ0) is 13.9. The van der Waals surface area contributed by atoms with Crippen molar-refractivity contribution in [2.24, 2.45) is 0 Å². The first-order chi connectivity index (χ1) is 9.27. The quantitative estimate of drug-likeness (QED) is 0.667. The summed E-state index contributed by atoms with van der Waals surface area (Å²) in [5.74, 6) is 0.895. The van der Waals surface area contributed by atoms with Gasteiger partial charge < -0.3 is 14.8 Å². The Labute approximate surface area is 124 Å². The number of aryl methyl sites for hydroxylation is 1. The van der Waals surface area contributed by atoms with Gasteiger partial charge in [-0.2, -0.15) is 0 Å². The maximum atomic E-state index is 5.22. The molecule has 0 fully saturated rings. The first-order valence-corrected chi connectivity index (χ1v) is 7.59. The lowest BCUT2D eigenvalue weighted by molar-refractivity contribution is 0.199. The maximum Gasteiger partial charge on any atom is 0.133 e. The second-order valence-electron chi connectivity index (χ2n) is 4.52. The summed E-state index contributed by atoms with van der Waals surface area (Å²) < 4.78 is 11.2. The first kappa shape index (κ1) is 16.5. The summed E-state index contributed by atoms with van der Waals surface area (Å²) in [5, 5.41) is 3.36. The molecule has 0 aliphatic heterocycles. The summed E-state index contributed by atoms with van der Waals surface area (Å²) in [6, 6.07) is 6.31. The van der Waals surface area contributed by atoms with Crippen LogP contribution >= 0.6 is 15.9 Å². The molecule has 0 unspecified atom stereocenters. The highest BCUT2D eigenvalue weighted by molar-refractivity contribution is 9.10. The third-order valence-corrected chi connectivity index (χ3v) is 3.64. The van der Waals surface area contributed by atoms with Crippen LogP contribution in [0.4, 0.5) is 0 Å². The highest BCUT2D eigenvalue weighted by atomic mass is 79.9. The molecule has 3 nitrogen and oxygen atoms in total. The Morgan fingerprint density at radius 2 is 1.95 bits per heavy atom. The Morgan fingerprint density at radius 3 is 2.63 bits per heavy atom. The SMILES string of the molecule is COCCNCCCCCc1ccc(OC)c(Br)c1. The predicted octanol–water partition coefficient (Wildman–Crippen LogP) is 3.41. The predicted molar refractivity (Wildman–Crippen MR) is 83.0 cm³/mol. The number of halogens is 1. The summed E-state index contributed by atoms with van der Waals surface area (Å²) in [6.07, 6.45) is 4.83. The molecule has 0 atom stereocenters. The molecule has 1 rings (SSSR count). The van der Waals surface area contributed by atoms with E-state index < -0.39 is 0 Å². The third-order valence-electron chi connectivity index (χ3n) is 3.02. The number of unbranched alkanes of at least 4 members (excludes halogenated alkanes) is 2. The molecule has 1 aromatic carbocycles. The number of hydrogen-bond acceptors (Lipinski definition) is 3. The molecule has 1 N–H and O–H groups in total. The fourth-order valence-corrected chi connectivity index (χ4v) is 2.51. The van der Waals surface area contributed by atoms with E-state index in [0.717, 1.165) is 36.3 Å². The minimum absolute atomic E-state index is 0.792. The molecule has 0 bridgehead atoms. The van der Waals surface area contributed by atoms with Crippen molar-refractivity contribution in [3.63, 3.8) is 0 Å². The number of methoxy groups -OCH3 is 2. The lowest BCUT2D eigenvalue weighted by Gasteiger charge is -2.07. The number of hydrogen-bond donors (Lipinski definition) is 1. The van der Waals surface area contributed by atoms with E-state index in [1.54, 1.807) is 14.2 Å². The Balaban J connectivity index is 2.11. The van der Waals surface area contributed by atoms with Crippen LogP contribution in [0.5, 0.6) is 5.75 Å². The van der Waals surface area contributed by atoms with E-state index >= 15 is 0 Å². The molecule has 0 amide bonds. The minimum atomic E-state index is 0.792. The molecule has 0 saturated carbocycles. The van der Waals surface area contributed by atoms with Gasteiger partial charge in [-0.15, -0.1) is 0 Å². The van der Waals surface area contributed by atoms with Crippen LogP contribution in [0.3, 0.4) is 0 Å². The van der Waals surface area contributed by atoms with Crippen molar-refractivity contribution >= 4 is 15.9 Å². The van der Waals surface area contributed by atoms with Crippen LogP contribution in [0.1, 0.15) is 24.8 Å². The van der Waals surface area contributed by atoms with Gasteiger partial charge in [-0.05, 0) is 59.4 Å². The van der Waals surface area contributed by atoms with E-state index in [1.165, 1.54) is 24.8 Å².